The van der Waals surface area contributed by atoms with Gasteiger partial charge in [-0.1, -0.05) is 18.2 Å². The fourth-order valence-corrected chi connectivity index (χ4v) is 1.49. The van der Waals surface area contributed by atoms with E-state index in [0.29, 0.717) is 32.8 Å². The molecule has 1 aromatic carbocycles. The van der Waals surface area contributed by atoms with E-state index < -0.39 is 0 Å². The molecule has 3 N–H and O–H groups in total. The van der Waals surface area contributed by atoms with E-state index in [1.54, 1.807) is 7.11 Å². The van der Waals surface area contributed by atoms with Crippen LogP contribution in [-0.4, -0.2) is 32.8 Å². The standard InChI is InChI=1S/C13H20N2O3/c1-17-10-11-4-2-3-5-12(11)15-13(16)6-8-18-9-7-14/h2-5H,6-10,14H2,1H3,(H,15,16). The molecule has 0 unspecified atom stereocenters. The first kappa shape index (κ1) is 14.6. The number of rotatable bonds is 8. The first-order valence-corrected chi connectivity index (χ1v) is 5.92. The average molecular weight is 252 g/mol. The maximum atomic E-state index is 11.7. The minimum absolute atomic E-state index is 0.0735. The number of nitrogens with two attached hydrogens (primary N) is 1. The normalized spacial score (nSPS) is 10.3. The Morgan fingerprint density at radius 3 is 2.83 bits per heavy atom. The zero-order chi connectivity index (χ0) is 13.2. The van der Waals surface area contributed by atoms with Crippen LogP contribution in [0.1, 0.15) is 12.0 Å². The molecular weight excluding hydrogens is 232 g/mol. The molecule has 0 heterocycles. The third-order valence-corrected chi connectivity index (χ3v) is 2.33. The number of ether oxygens (including phenoxy) is 2. The lowest BCUT2D eigenvalue weighted by molar-refractivity contribution is -0.117. The number of benzene rings is 1. The van der Waals surface area contributed by atoms with Gasteiger partial charge in [-0.15, -0.1) is 0 Å². The van der Waals surface area contributed by atoms with E-state index in [4.69, 9.17) is 15.2 Å². The van der Waals surface area contributed by atoms with Gasteiger partial charge in [-0.05, 0) is 6.07 Å². The summed E-state index contributed by atoms with van der Waals surface area (Å²) >= 11 is 0. The zero-order valence-electron chi connectivity index (χ0n) is 10.6. The summed E-state index contributed by atoms with van der Waals surface area (Å²) in [5, 5.41) is 2.84. The minimum atomic E-state index is -0.0735. The molecule has 0 atom stereocenters. The van der Waals surface area contributed by atoms with Crippen LogP contribution in [-0.2, 0) is 20.9 Å². The van der Waals surface area contributed by atoms with Crippen molar-refractivity contribution in [2.24, 2.45) is 5.73 Å². The van der Waals surface area contributed by atoms with E-state index in [9.17, 15) is 4.79 Å². The minimum Gasteiger partial charge on any atom is -0.380 e. The van der Waals surface area contributed by atoms with Crippen LogP contribution in [0.5, 0.6) is 0 Å². The number of hydrogen-bond donors (Lipinski definition) is 2. The first-order valence-electron chi connectivity index (χ1n) is 5.92. The summed E-state index contributed by atoms with van der Waals surface area (Å²) in [6.45, 7) is 1.81. The monoisotopic (exact) mass is 252 g/mol. The second-order valence-electron chi connectivity index (χ2n) is 3.79. The molecule has 1 amide bonds. The van der Waals surface area contributed by atoms with Crippen LogP contribution in [0.2, 0.25) is 0 Å². The smallest absolute Gasteiger partial charge is 0.226 e. The van der Waals surface area contributed by atoms with Crippen molar-refractivity contribution in [3.05, 3.63) is 29.8 Å². The summed E-state index contributed by atoms with van der Waals surface area (Å²) in [5.74, 6) is -0.0735. The fourth-order valence-electron chi connectivity index (χ4n) is 1.49. The summed E-state index contributed by atoms with van der Waals surface area (Å²) in [6.07, 6.45) is 0.321. The predicted octanol–water partition coefficient (Wildman–Crippen LogP) is 1.14. The quantitative estimate of drug-likeness (QED) is 0.680. The van der Waals surface area contributed by atoms with Crippen LogP contribution in [0.15, 0.2) is 24.3 Å². The van der Waals surface area contributed by atoms with Gasteiger partial charge in [0.25, 0.3) is 0 Å². The molecule has 5 heteroatoms. The third-order valence-electron chi connectivity index (χ3n) is 2.33. The highest BCUT2D eigenvalue weighted by molar-refractivity contribution is 5.91. The average Bonchev–Trinajstić information content (AvgIpc) is 2.37. The lowest BCUT2D eigenvalue weighted by Crippen LogP contribution is -2.17. The molecule has 5 nitrogen and oxygen atoms in total. The molecule has 0 radical (unpaired) electrons. The third kappa shape index (κ3) is 5.27. The summed E-state index contributed by atoms with van der Waals surface area (Å²) in [7, 11) is 1.62. The highest BCUT2D eigenvalue weighted by Gasteiger charge is 2.06. The van der Waals surface area contributed by atoms with Crippen molar-refractivity contribution in [1.82, 2.24) is 0 Å². The summed E-state index contributed by atoms with van der Waals surface area (Å²) in [6, 6.07) is 7.56. The number of carbonyl (C=O) groups is 1. The van der Waals surface area contributed by atoms with E-state index >= 15 is 0 Å². The number of anilines is 1. The van der Waals surface area contributed by atoms with Crippen molar-refractivity contribution >= 4 is 11.6 Å². The molecule has 100 valence electrons. The molecule has 0 aliphatic rings. The van der Waals surface area contributed by atoms with Crippen molar-refractivity contribution < 1.29 is 14.3 Å². The molecule has 0 aliphatic heterocycles. The maximum absolute atomic E-state index is 11.7. The molecule has 1 aromatic rings. The lowest BCUT2D eigenvalue weighted by atomic mass is 10.2. The molecular formula is C13H20N2O3. The van der Waals surface area contributed by atoms with E-state index in [2.05, 4.69) is 5.32 Å². The van der Waals surface area contributed by atoms with E-state index in [-0.39, 0.29) is 5.91 Å². The van der Waals surface area contributed by atoms with Crippen LogP contribution < -0.4 is 11.1 Å². The Kier molecular flexibility index (Phi) is 7.01. The van der Waals surface area contributed by atoms with E-state index in [0.717, 1.165) is 11.3 Å². The molecule has 0 saturated heterocycles. The van der Waals surface area contributed by atoms with Crippen molar-refractivity contribution in [2.75, 3.05) is 32.2 Å². The fraction of sp³-hybridized carbons (Fsp3) is 0.462. The van der Waals surface area contributed by atoms with Gasteiger partial charge >= 0.3 is 0 Å². The molecule has 1 rings (SSSR count). The van der Waals surface area contributed by atoms with Gasteiger partial charge < -0.3 is 20.5 Å². The molecule has 0 aromatic heterocycles. The SMILES string of the molecule is COCc1ccccc1NC(=O)CCOCCN. The Balaban J connectivity index is 2.43. The van der Waals surface area contributed by atoms with Gasteiger partial charge in [0.2, 0.25) is 5.91 Å². The van der Waals surface area contributed by atoms with Gasteiger partial charge in [0.1, 0.15) is 0 Å². The molecule has 0 saturated carbocycles. The molecule has 18 heavy (non-hydrogen) atoms. The van der Waals surface area contributed by atoms with Gasteiger partial charge in [-0.25, -0.2) is 0 Å². The zero-order valence-corrected chi connectivity index (χ0v) is 10.6. The van der Waals surface area contributed by atoms with Crippen molar-refractivity contribution in [3.63, 3.8) is 0 Å². The second-order valence-corrected chi connectivity index (χ2v) is 3.79. The van der Waals surface area contributed by atoms with Crippen molar-refractivity contribution in [3.8, 4) is 0 Å². The summed E-state index contributed by atoms with van der Waals surface area (Å²) in [5.41, 5.74) is 7.02. The van der Waals surface area contributed by atoms with Crippen LogP contribution >= 0.6 is 0 Å². The molecule has 0 aliphatic carbocycles. The second kappa shape index (κ2) is 8.63. The Morgan fingerprint density at radius 1 is 1.33 bits per heavy atom. The Labute approximate surface area is 107 Å². The summed E-state index contributed by atoms with van der Waals surface area (Å²) in [4.78, 5) is 11.7. The van der Waals surface area contributed by atoms with Crippen molar-refractivity contribution in [1.29, 1.82) is 0 Å². The van der Waals surface area contributed by atoms with Gasteiger partial charge in [-0.2, -0.15) is 0 Å². The predicted molar refractivity (Wildman–Crippen MR) is 70.3 cm³/mol. The number of nitrogens with one attached hydrogen (secondary N) is 1. The first-order chi connectivity index (χ1) is 8.77. The topological polar surface area (TPSA) is 73.6 Å². The number of amides is 1. The maximum Gasteiger partial charge on any atom is 0.226 e. The van der Waals surface area contributed by atoms with Gasteiger partial charge in [-0.3, -0.25) is 4.79 Å². The molecule has 0 bridgehead atoms. The van der Waals surface area contributed by atoms with Crippen LogP contribution in [0.4, 0.5) is 5.69 Å². The van der Waals surface area contributed by atoms with Crippen molar-refractivity contribution in [2.45, 2.75) is 13.0 Å². The van der Waals surface area contributed by atoms with E-state index in [1.807, 2.05) is 24.3 Å². The van der Waals surface area contributed by atoms with Gasteiger partial charge in [0.05, 0.1) is 26.2 Å². The Bertz CT molecular complexity index is 369. The Hall–Kier alpha value is -1.43. The number of methoxy groups -OCH3 is 1. The van der Waals surface area contributed by atoms with Gasteiger partial charge in [0.15, 0.2) is 0 Å². The van der Waals surface area contributed by atoms with Gasteiger partial charge in [0, 0.05) is 24.9 Å². The van der Waals surface area contributed by atoms with E-state index in [1.165, 1.54) is 0 Å². The van der Waals surface area contributed by atoms with Crippen LogP contribution in [0, 0.1) is 0 Å². The lowest BCUT2D eigenvalue weighted by Gasteiger charge is -2.10. The number of carbonyl (C=O) groups excluding carboxylic acids is 1. The number of hydrogen-bond acceptors (Lipinski definition) is 4. The molecule has 0 spiro atoms. The van der Waals surface area contributed by atoms with Crippen LogP contribution in [0.3, 0.4) is 0 Å². The molecule has 0 fully saturated rings. The van der Waals surface area contributed by atoms with Crippen LogP contribution in [0.25, 0.3) is 0 Å². The highest BCUT2D eigenvalue weighted by atomic mass is 16.5. The summed E-state index contributed by atoms with van der Waals surface area (Å²) < 4.78 is 10.2. The largest absolute Gasteiger partial charge is 0.380 e. The highest BCUT2D eigenvalue weighted by Crippen LogP contribution is 2.15. The Morgan fingerprint density at radius 2 is 2.11 bits per heavy atom. The number of para-hydroxylation sites is 1.